The van der Waals surface area contributed by atoms with Gasteiger partial charge in [-0.1, -0.05) is 38.6 Å². The molecule has 4 nitrogen and oxygen atoms in total. The van der Waals surface area contributed by atoms with Crippen molar-refractivity contribution >= 4 is 11.8 Å². The molecule has 1 heterocycles. The van der Waals surface area contributed by atoms with Gasteiger partial charge >= 0.3 is 0 Å². The van der Waals surface area contributed by atoms with Gasteiger partial charge in [0, 0.05) is 23.1 Å². The second-order valence-corrected chi connectivity index (χ2v) is 9.03. The van der Waals surface area contributed by atoms with Crippen LogP contribution >= 0.6 is 11.8 Å². The minimum Gasteiger partial charge on any atom is -0.491 e. The zero-order chi connectivity index (χ0) is 19.8. The molecule has 0 saturated heterocycles. The normalized spacial score (nSPS) is 14.6. The molecule has 0 atom stereocenters. The van der Waals surface area contributed by atoms with E-state index in [1.807, 2.05) is 26.0 Å². The SMILES string of the molecule is C=CCn1c(SCC)nc2c(c1=O)C(C)(C)Cc1cc(OC(C)C)ccc1-2. The van der Waals surface area contributed by atoms with Crippen molar-refractivity contribution in [1.82, 2.24) is 9.55 Å². The molecule has 1 aromatic carbocycles. The quantitative estimate of drug-likeness (QED) is 0.406. The fourth-order valence-electron chi connectivity index (χ4n) is 3.73. The average Bonchev–Trinajstić information content (AvgIpc) is 2.56. The minimum absolute atomic E-state index is 0.0500. The molecule has 5 heteroatoms. The summed E-state index contributed by atoms with van der Waals surface area (Å²) in [5.74, 6) is 1.73. The number of benzene rings is 1. The largest absolute Gasteiger partial charge is 0.491 e. The van der Waals surface area contributed by atoms with Crippen molar-refractivity contribution in [3.63, 3.8) is 0 Å². The highest BCUT2D eigenvalue weighted by molar-refractivity contribution is 7.99. The van der Waals surface area contributed by atoms with Gasteiger partial charge in [-0.2, -0.15) is 0 Å². The van der Waals surface area contributed by atoms with Gasteiger partial charge in [-0.25, -0.2) is 4.98 Å². The summed E-state index contributed by atoms with van der Waals surface area (Å²) in [6, 6.07) is 6.12. The fraction of sp³-hybridized carbons (Fsp3) is 0.455. The lowest BCUT2D eigenvalue weighted by atomic mass is 9.72. The molecular formula is C22H28N2O2S. The third kappa shape index (κ3) is 3.70. The third-order valence-electron chi connectivity index (χ3n) is 4.73. The van der Waals surface area contributed by atoms with Crippen molar-refractivity contribution in [2.45, 2.75) is 64.3 Å². The van der Waals surface area contributed by atoms with Crippen LogP contribution in [0.4, 0.5) is 0 Å². The van der Waals surface area contributed by atoms with Gasteiger partial charge in [0.05, 0.1) is 11.8 Å². The van der Waals surface area contributed by atoms with Crippen LogP contribution in [0.2, 0.25) is 0 Å². The Bertz CT molecular complexity index is 929. The summed E-state index contributed by atoms with van der Waals surface area (Å²) in [6.07, 6.45) is 2.67. The van der Waals surface area contributed by atoms with Crippen LogP contribution in [0.25, 0.3) is 11.3 Å². The number of hydrogen-bond donors (Lipinski definition) is 0. The van der Waals surface area contributed by atoms with E-state index in [2.05, 4.69) is 33.4 Å². The first-order chi connectivity index (χ1) is 12.8. The van der Waals surface area contributed by atoms with Gasteiger partial charge in [0.15, 0.2) is 5.16 Å². The van der Waals surface area contributed by atoms with Crippen molar-refractivity contribution in [2.24, 2.45) is 0 Å². The Kier molecular flexibility index (Phi) is 5.52. The monoisotopic (exact) mass is 384 g/mol. The van der Waals surface area contributed by atoms with Crippen LogP contribution in [0.5, 0.6) is 5.75 Å². The van der Waals surface area contributed by atoms with Crippen LogP contribution in [-0.4, -0.2) is 21.4 Å². The average molecular weight is 385 g/mol. The molecule has 0 unspecified atom stereocenters. The lowest BCUT2D eigenvalue weighted by Gasteiger charge is -2.33. The first-order valence-electron chi connectivity index (χ1n) is 9.47. The molecule has 0 radical (unpaired) electrons. The van der Waals surface area contributed by atoms with Crippen molar-refractivity contribution in [1.29, 1.82) is 0 Å². The summed E-state index contributed by atoms with van der Waals surface area (Å²) in [4.78, 5) is 18.3. The molecule has 0 bridgehead atoms. The Morgan fingerprint density at radius 2 is 2.15 bits per heavy atom. The molecule has 0 aliphatic heterocycles. The summed E-state index contributed by atoms with van der Waals surface area (Å²) in [5.41, 5.74) is 3.61. The maximum absolute atomic E-state index is 13.4. The highest BCUT2D eigenvalue weighted by Crippen LogP contribution is 2.42. The van der Waals surface area contributed by atoms with Crippen molar-refractivity contribution < 1.29 is 4.74 Å². The Balaban J connectivity index is 2.25. The molecule has 0 fully saturated rings. The molecule has 0 amide bonds. The number of fused-ring (bicyclic) bond motifs is 3. The molecule has 0 N–H and O–H groups in total. The van der Waals surface area contributed by atoms with Gasteiger partial charge in [-0.15, -0.1) is 6.58 Å². The van der Waals surface area contributed by atoms with E-state index in [1.165, 1.54) is 5.56 Å². The molecule has 3 rings (SSSR count). The second kappa shape index (κ2) is 7.55. The predicted molar refractivity (Wildman–Crippen MR) is 113 cm³/mol. The molecule has 1 aromatic heterocycles. The number of rotatable bonds is 6. The van der Waals surface area contributed by atoms with Crippen molar-refractivity contribution in [2.75, 3.05) is 5.75 Å². The van der Waals surface area contributed by atoms with E-state index >= 15 is 0 Å². The Morgan fingerprint density at radius 1 is 1.41 bits per heavy atom. The minimum atomic E-state index is -0.290. The Morgan fingerprint density at radius 3 is 2.78 bits per heavy atom. The number of nitrogens with zero attached hydrogens (tertiary/aromatic N) is 2. The smallest absolute Gasteiger partial charge is 0.258 e. The number of ether oxygens (including phenoxy) is 1. The number of thioether (sulfide) groups is 1. The first kappa shape index (κ1) is 19.7. The molecule has 2 aromatic rings. The van der Waals surface area contributed by atoms with E-state index in [0.717, 1.165) is 39.9 Å². The molecule has 1 aliphatic rings. The van der Waals surface area contributed by atoms with Crippen molar-refractivity contribution in [3.8, 4) is 17.0 Å². The van der Waals surface area contributed by atoms with E-state index in [-0.39, 0.29) is 17.1 Å². The standard InChI is InChI=1S/C22H28N2O2S/c1-7-11-24-20(25)18-19(23-21(24)27-8-2)17-10-9-16(26-14(3)4)12-15(17)13-22(18,5)6/h7,9-10,12,14H,1,8,11,13H2,2-6H3. The Labute approximate surface area is 165 Å². The zero-order valence-electron chi connectivity index (χ0n) is 16.8. The van der Waals surface area contributed by atoms with Crippen LogP contribution in [0, 0.1) is 0 Å². The van der Waals surface area contributed by atoms with Crippen LogP contribution in [0.1, 0.15) is 45.7 Å². The number of hydrogen-bond acceptors (Lipinski definition) is 4. The lowest BCUT2D eigenvalue weighted by molar-refractivity contribution is 0.242. The van der Waals surface area contributed by atoms with Crippen molar-refractivity contribution in [3.05, 3.63) is 52.3 Å². The van der Waals surface area contributed by atoms with Gasteiger partial charge in [-0.05, 0) is 49.8 Å². The summed E-state index contributed by atoms with van der Waals surface area (Å²) >= 11 is 1.59. The molecule has 27 heavy (non-hydrogen) atoms. The maximum atomic E-state index is 13.4. The number of aromatic nitrogens is 2. The molecule has 0 spiro atoms. The lowest BCUT2D eigenvalue weighted by Crippen LogP contribution is -2.38. The highest BCUT2D eigenvalue weighted by atomic mass is 32.2. The number of allylic oxidation sites excluding steroid dienone is 1. The van der Waals surface area contributed by atoms with Gasteiger partial charge in [0.25, 0.3) is 5.56 Å². The van der Waals surface area contributed by atoms with E-state index < -0.39 is 0 Å². The first-order valence-corrected chi connectivity index (χ1v) is 10.5. The summed E-state index contributed by atoms with van der Waals surface area (Å²) in [5, 5.41) is 0.757. The molecular weight excluding hydrogens is 356 g/mol. The van der Waals surface area contributed by atoms with Gasteiger partial charge in [0.1, 0.15) is 5.75 Å². The summed E-state index contributed by atoms with van der Waals surface area (Å²) in [7, 11) is 0. The Hall–Kier alpha value is -2.01. The topological polar surface area (TPSA) is 44.1 Å². The molecule has 0 saturated carbocycles. The van der Waals surface area contributed by atoms with Crippen LogP contribution in [0.3, 0.4) is 0 Å². The second-order valence-electron chi connectivity index (χ2n) is 7.80. The highest BCUT2D eigenvalue weighted by Gasteiger charge is 2.36. The van der Waals surface area contributed by atoms with E-state index in [1.54, 1.807) is 22.4 Å². The third-order valence-corrected chi connectivity index (χ3v) is 5.59. The van der Waals surface area contributed by atoms with Gasteiger partial charge < -0.3 is 4.74 Å². The molecule has 144 valence electrons. The molecule has 1 aliphatic carbocycles. The van der Waals surface area contributed by atoms with E-state index in [0.29, 0.717) is 6.54 Å². The zero-order valence-corrected chi connectivity index (χ0v) is 17.7. The summed E-state index contributed by atoms with van der Waals surface area (Å²) < 4.78 is 7.63. The van der Waals surface area contributed by atoms with Crippen LogP contribution < -0.4 is 10.3 Å². The van der Waals surface area contributed by atoms with Crippen LogP contribution in [0.15, 0.2) is 40.8 Å². The summed E-state index contributed by atoms with van der Waals surface area (Å²) in [6.45, 7) is 14.7. The van der Waals surface area contributed by atoms with Gasteiger partial charge in [0.2, 0.25) is 0 Å². The van der Waals surface area contributed by atoms with Crippen LogP contribution in [-0.2, 0) is 18.4 Å². The maximum Gasteiger partial charge on any atom is 0.258 e. The fourth-order valence-corrected chi connectivity index (χ4v) is 4.45. The van der Waals surface area contributed by atoms with E-state index in [9.17, 15) is 4.79 Å². The van der Waals surface area contributed by atoms with Gasteiger partial charge in [-0.3, -0.25) is 9.36 Å². The van der Waals surface area contributed by atoms with E-state index in [4.69, 9.17) is 9.72 Å². The predicted octanol–water partition coefficient (Wildman–Crippen LogP) is 4.83.